The molecule has 2 N–H and O–H groups in total. The van der Waals surface area contributed by atoms with Crippen LogP contribution in [-0.2, 0) is 17.0 Å². The summed E-state index contributed by atoms with van der Waals surface area (Å²) >= 11 is 6.10. The first-order valence-electron chi connectivity index (χ1n) is 13.9. The molecule has 0 aliphatic carbocycles. The van der Waals surface area contributed by atoms with Crippen molar-refractivity contribution in [2.75, 3.05) is 19.6 Å². The molecule has 0 radical (unpaired) electrons. The number of aliphatic carboxylic acids is 1. The van der Waals surface area contributed by atoms with Crippen LogP contribution in [-0.4, -0.2) is 51.3 Å². The van der Waals surface area contributed by atoms with Crippen LogP contribution in [0.4, 0.5) is 0 Å². The second kappa shape index (κ2) is 11.1. The predicted molar refractivity (Wildman–Crippen MR) is 159 cm³/mol. The van der Waals surface area contributed by atoms with Crippen LogP contribution < -0.4 is 9.47 Å². The lowest BCUT2D eigenvalue weighted by Crippen LogP contribution is -2.55. The maximum atomic E-state index is 11.7. The normalized spacial score (nSPS) is 21.4. The Balaban J connectivity index is 1.39. The van der Waals surface area contributed by atoms with Crippen LogP contribution in [0.15, 0.2) is 66.9 Å². The Labute approximate surface area is 246 Å². The van der Waals surface area contributed by atoms with Crippen molar-refractivity contribution in [2.24, 2.45) is 5.41 Å². The van der Waals surface area contributed by atoms with Gasteiger partial charge in [-0.1, -0.05) is 49.7 Å². The zero-order valence-corrected chi connectivity index (χ0v) is 24.7. The minimum atomic E-state index is -1.38. The fraction of sp³-hybridized carbons (Fsp3) is 0.394. The average molecular weight is 577 g/mol. The first-order chi connectivity index (χ1) is 19.4. The van der Waals surface area contributed by atoms with Crippen LogP contribution in [0.1, 0.15) is 62.9 Å². The molecule has 8 heteroatoms. The van der Waals surface area contributed by atoms with Crippen molar-refractivity contribution in [1.29, 1.82) is 0 Å². The van der Waals surface area contributed by atoms with E-state index in [9.17, 15) is 15.0 Å². The third-order valence-corrected chi connectivity index (χ3v) is 8.57. The van der Waals surface area contributed by atoms with E-state index in [1.807, 2.05) is 48.5 Å². The van der Waals surface area contributed by atoms with Gasteiger partial charge < -0.3 is 24.6 Å². The fourth-order valence-electron chi connectivity index (χ4n) is 5.83. The van der Waals surface area contributed by atoms with E-state index in [1.54, 1.807) is 12.3 Å². The Kier molecular flexibility index (Phi) is 7.90. The van der Waals surface area contributed by atoms with Crippen LogP contribution in [0.5, 0.6) is 11.5 Å². The molecule has 2 aliphatic heterocycles. The molecular weight excluding hydrogens is 540 g/mol. The molecule has 0 amide bonds. The van der Waals surface area contributed by atoms with Gasteiger partial charge >= 0.3 is 5.97 Å². The highest BCUT2D eigenvalue weighted by atomic mass is 35.5. The number of carboxylic acids is 1. The monoisotopic (exact) mass is 576 g/mol. The van der Waals surface area contributed by atoms with Gasteiger partial charge in [-0.15, -0.1) is 0 Å². The van der Waals surface area contributed by atoms with Crippen molar-refractivity contribution in [3.63, 3.8) is 0 Å². The van der Waals surface area contributed by atoms with Crippen LogP contribution in [0, 0.1) is 5.41 Å². The lowest BCUT2D eigenvalue weighted by molar-refractivity contribution is -0.152. The third kappa shape index (κ3) is 5.85. The van der Waals surface area contributed by atoms with E-state index in [0.717, 1.165) is 54.0 Å². The summed E-state index contributed by atoms with van der Waals surface area (Å²) in [6.07, 6.45) is 5.36. The van der Waals surface area contributed by atoms with Crippen LogP contribution >= 0.6 is 11.6 Å². The number of aliphatic hydroxyl groups is 1. The largest absolute Gasteiger partial charge is 0.487 e. The Morgan fingerprint density at radius 3 is 2.63 bits per heavy atom. The summed E-state index contributed by atoms with van der Waals surface area (Å²) in [4.78, 5) is 18.6. The lowest BCUT2D eigenvalue weighted by atomic mass is 9.66. The fourth-order valence-corrected chi connectivity index (χ4v) is 5.95. The maximum absolute atomic E-state index is 11.7. The zero-order chi connectivity index (χ0) is 29.4. The number of fused-ring (bicyclic) bond motifs is 2. The maximum Gasteiger partial charge on any atom is 0.347 e. The van der Waals surface area contributed by atoms with E-state index in [1.165, 1.54) is 13.8 Å². The summed E-state index contributed by atoms with van der Waals surface area (Å²) in [5.41, 5.74) is 1.87. The summed E-state index contributed by atoms with van der Waals surface area (Å²) in [5.74, 6) is 0.112. The van der Waals surface area contributed by atoms with E-state index in [-0.39, 0.29) is 5.41 Å². The second-order valence-electron chi connectivity index (χ2n) is 12.0. The minimum Gasteiger partial charge on any atom is -0.487 e. The van der Waals surface area contributed by atoms with Crippen LogP contribution in [0.3, 0.4) is 0 Å². The molecule has 1 unspecified atom stereocenters. The molecule has 41 heavy (non-hydrogen) atoms. The Bertz CT molecular complexity index is 1470. The standard InChI is InChI=1S/C33H37ClN2O5/c1-31(2)21-36(18-15-33(31,39)22-9-11-23(34)12-10-22)17-6-8-25-26-7-5-16-35-28(26)20-40-29-14-13-24(19-27(25)29)41-32(3,4)30(37)38/h5,7-14,16,19,39H,6,15,17-18,20-21H2,1-4H3,(H,37,38). The summed E-state index contributed by atoms with van der Waals surface area (Å²) in [5, 5.41) is 22.0. The summed E-state index contributed by atoms with van der Waals surface area (Å²) in [6.45, 7) is 9.97. The first-order valence-corrected chi connectivity index (χ1v) is 14.3. The van der Waals surface area contributed by atoms with Gasteiger partial charge in [0.1, 0.15) is 18.1 Å². The van der Waals surface area contributed by atoms with Gasteiger partial charge in [0.2, 0.25) is 0 Å². The number of rotatable bonds is 7. The van der Waals surface area contributed by atoms with E-state index in [2.05, 4.69) is 29.8 Å². The molecular formula is C33H37ClN2O5. The molecule has 7 nitrogen and oxygen atoms in total. The molecule has 3 heterocycles. The number of hydrogen-bond donors (Lipinski definition) is 2. The number of piperidine rings is 1. The van der Waals surface area contributed by atoms with Crippen LogP contribution in [0.25, 0.3) is 5.57 Å². The van der Waals surface area contributed by atoms with Gasteiger partial charge in [-0.05, 0) is 74.2 Å². The van der Waals surface area contributed by atoms with Gasteiger partial charge in [-0.3, -0.25) is 4.98 Å². The molecule has 5 rings (SSSR count). The van der Waals surface area contributed by atoms with Crippen LogP contribution in [0.2, 0.25) is 5.02 Å². The molecule has 1 fully saturated rings. The molecule has 3 aromatic rings. The summed E-state index contributed by atoms with van der Waals surface area (Å²) in [7, 11) is 0. The highest BCUT2D eigenvalue weighted by Crippen LogP contribution is 2.46. The molecule has 216 valence electrons. The molecule has 1 aromatic heterocycles. The molecule has 0 spiro atoms. The molecule has 0 bridgehead atoms. The van der Waals surface area contributed by atoms with Crippen molar-refractivity contribution >= 4 is 23.1 Å². The number of hydrogen-bond acceptors (Lipinski definition) is 6. The number of halogens is 1. The number of nitrogens with zero attached hydrogens (tertiary/aromatic N) is 2. The zero-order valence-electron chi connectivity index (χ0n) is 24.0. The smallest absolute Gasteiger partial charge is 0.347 e. The quantitative estimate of drug-likeness (QED) is 0.340. The Morgan fingerprint density at radius 2 is 1.93 bits per heavy atom. The SMILES string of the molecule is CC(C)(Oc1ccc2c(c1)C(=CCCN1CCC(O)(c3ccc(Cl)cc3)C(C)(C)C1)c1cccnc1CO2)C(=O)O. The topological polar surface area (TPSA) is 92.1 Å². The number of ether oxygens (including phenoxy) is 2. The van der Waals surface area contributed by atoms with Crippen molar-refractivity contribution < 1.29 is 24.5 Å². The third-order valence-electron chi connectivity index (χ3n) is 8.32. The minimum absolute atomic E-state index is 0.338. The highest BCUT2D eigenvalue weighted by molar-refractivity contribution is 6.30. The number of pyridine rings is 1. The predicted octanol–water partition coefficient (Wildman–Crippen LogP) is 6.31. The summed E-state index contributed by atoms with van der Waals surface area (Å²) in [6, 6.07) is 16.9. The van der Waals surface area contributed by atoms with Crippen molar-refractivity contribution in [1.82, 2.24) is 9.88 Å². The molecule has 1 saturated heterocycles. The summed E-state index contributed by atoms with van der Waals surface area (Å²) < 4.78 is 12.0. The lowest BCUT2D eigenvalue weighted by Gasteiger charge is -2.50. The molecule has 2 aliphatic rings. The molecule has 1 atom stereocenters. The highest BCUT2D eigenvalue weighted by Gasteiger charge is 2.48. The van der Waals surface area contributed by atoms with Crippen molar-refractivity contribution in [2.45, 2.75) is 58.3 Å². The van der Waals surface area contributed by atoms with Gasteiger partial charge in [-0.2, -0.15) is 0 Å². The Morgan fingerprint density at radius 1 is 1.17 bits per heavy atom. The second-order valence-corrected chi connectivity index (χ2v) is 12.5. The van der Waals surface area contributed by atoms with Gasteiger partial charge in [0.25, 0.3) is 0 Å². The number of carboxylic acid groups (broad SMARTS) is 1. The molecule has 2 aromatic carbocycles. The van der Waals surface area contributed by atoms with Crippen molar-refractivity contribution in [3.05, 3.63) is 94.3 Å². The van der Waals surface area contributed by atoms with E-state index in [4.69, 9.17) is 21.1 Å². The molecule has 0 saturated carbocycles. The Hall–Kier alpha value is -3.39. The average Bonchev–Trinajstić information content (AvgIpc) is 3.07. The van der Waals surface area contributed by atoms with E-state index in [0.29, 0.717) is 29.5 Å². The van der Waals surface area contributed by atoms with Crippen molar-refractivity contribution in [3.8, 4) is 11.5 Å². The number of benzene rings is 2. The number of carbonyl (C=O) groups is 1. The first kappa shape index (κ1) is 29.1. The van der Waals surface area contributed by atoms with Gasteiger partial charge in [0.15, 0.2) is 5.60 Å². The van der Waals surface area contributed by atoms with Gasteiger partial charge in [-0.25, -0.2) is 4.79 Å². The number of aromatic nitrogens is 1. The van der Waals surface area contributed by atoms with E-state index < -0.39 is 17.2 Å². The van der Waals surface area contributed by atoms with Gasteiger partial charge in [0.05, 0.1) is 11.3 Å². The van der Waals surface area contributed by atoms with E-state index >= 15 is 0 Å². The number of likely N-dealkylation sites (tertiary alicyclic amines) is 1. The van der Waals surface area contributed by atoms with Gasteiger partial charge in [0, 0.05) is 47.4 Å².